The molecule has 0 saturated heterocycles. The van der Waals surface area contributed by atoms with Crippen molar-refractivity contribution in [3.05, 3.63) is 79.9 Å². The molecule has 2 aromatic carbocycles. The van der Waals surface area contributed by atoms with Crippen LogP contribution in [0.4, 0.5) is 11.4 Å². The average Bonchev–Trinajstić information content (AvgIpc) is 3.11. The highest BCUT2D eigenvalue weighted by Crippen LogP contribution is 2.52. The van der Waals surface area contributed by atoms with Crippen molar-refractivity contribution in [2.24, 2.45) is 5.92 Å². The molecule has 1 aliphatic heterocycles. The molecular formula is C20H17ClN2O4. The van der Waals surface area contributed by atoms with E-state index in [1.165, 1.54) is 6.07 Å². The van der Waals surface area contributed by atoms with E-state index in [0.29, 0.717) is 5.56 Å². The molecule has 0 unspecified atom stereocenters. The number of carboxylic acid groups (broad SMARTS) is 1. The summed E-state index contributed by atoms with van der Waals surface area (Å²) in [5.74, 6) is -0.919. The van der Waals surface area contributed by atoms with E-state index in [1.54, 1.807) is 24.3 Å². The maximum absolute atomic E-state index is 11.7. The van der Waals surface area contributed by atoms with Gasteiger partial charge in [-0.25, -0.2) is 4.79 Å². The third-order valence-corrected chi connectivity index (χ3v) is 5.80. The van der Waals surface area contributed by atoms with Crippen LogP contribution in [0.25, 0.3) is 0 Å². The van der Waals surface area contributed by atoms with Gasteiger partial charge in [-0.1, -0.05) is 35.9 Å². The second kappa shape index (κ2) is 6.39. The monoisotopic (exact) mass is 384 g/mol. The summed E-state index contributed by atoms with van der Waals surface area (Å²) in [5.41, 5.74) is 3.48. The lowest BCUT2D eigenvalue weighted by Gasteiger charge is -2.39. The van der Waals surface area contributed by atoms with Gasteiger partial charge < -0.3 is 10.4 Å². The van der Waals surface area contributed by atoms with E-state index in [-0.39, 0.29) is 28.6 Å². The number of nitro groups is 1. The Balaban J connectivity index is 1.86. The fraction of sp³-hybridized carbons (Fsp3) is 0.250. The summed E-state index contributed by atoms with van der Waals surface area (Å²) < 4.78 is 0. The van der Waals surface area contributed by atoms with E-state index >= 15 is 0 Å². The van der Waals surface area contributed by atoms with Crippen LogP contribution in [0.1, 0.15) is 45.4 Å². The molecule has 138 valence electrons. The standard InChI is InChI=1S/C20H17ClN2O4/c1-10-5-7-14(20(24)25)17-12-3-2-4-13(12)19(22-18(10)17)11-6-8-15(21)16(9-11)23(26)27/h2-3,5-9,12-13,19,22H,4H2,1H3,(H,24,25)/t12-,13-,19-/m1/s1. The SMILES string of the molecule is Cc1ccc(C(=O)O)c2c1N[C@H](c1ccc(Cl)c([N+](=O)[O-])c1)[C@@H]1CC=C[C@@H]21. The Kier molecular flexibility index (Phi) is 4.15. The predicted molar refractivity (Wildman–Crippen MR) is 103 cm³/mol. The molecule has 0 amide bonds. The Hall–Kier alpha value is -2.86. The van der Waals surface area contributed by atoms with E-state index in [9.17, 15) is 20.0 Å². The van der Waals surface area contributed by atoms with E-state index in [4.69, 9.17) is 11.6 Å². The van der Waals surface area contributed by atoms with E-state index in [0.717, 1.165) is 28.8 Å². The van der Waals surface area contributed by atoms with Gasteiger partial charge in [0.05, 0.1) is 16.5 Å². The molecule has 0 bridgehead atoms. The largest absolute Gasteiger partial charge is 0.478 e. The summed E-state index contributed by atoms with van der Waals surface area (Å²) in [6, 6.07) is 8.12. The molecule has 4 rings (SSSR count). The minimum atomic E-state index is -0.951. The maximum atomic E-state index is 11.7. The minimum absolute atomic E-state index is 0.0491. The quantitative estimate of drug-likeness (QED) is 0.437. The van der Waals surface area contributed by atoms with Gasteiger partial charge in [-0.2, -0.15) is 0 Å². The normalized spacial score (nSPS) is 22.7. The van der Waals surface area contributed by atoms with Crippen LogP contribution < -0.4 is 5.32 Å². The number of hydrogen-bond donors (Lipinski definition) is 2. The first-order chi connectivity index (χ1) is 12.9. The lowest BCUT2D eigenvalue weighted by Crippen LogP contribution is -2.31. The molecule has 7 heteroatoms. The van der Waals surface area contributed by atoms with Crippen LogP contribution in [0.2, 0.25) is 5.02 Å². The molecule has 1 heterocycles. The third kappa shape index (κ3) is 2.77. The van der Waals surface area contributed by atoms with Gasteiger partial charge in [0.15, 0.2) is 0 Å². The van der Waals surface area contributed by atoms with Crippen molar-refractivity contribution < 1.29 is 14.8 Å². The molecule has 27 heavy (non-hydrogen) atoms. The van der Waals surface area contributed by atoms with Crippen molar-refractivity contribution in [2.45, 2.75) is 25.3 Å². The summed E-state index contributed by atoms with van der Waals surface area (Å²) >= 11 is 5.96. The fourth-order valence-electron chi connectivity index (χ4n) is 4.23. The summed E-state index contributed by atoms with van der Waals surface area (Å²) in [4.78, 5) is 22.5. The van der Waals surface area contributed by atoms with Crippen molar-refractivity contribution in [1.29, 1.82) is 0 Å². The lowest BCUT2D eigenvalue weighted by molar-refractivity contribution is -0.384. The van der Waals surface area contributed by atoms with Crippen LogP contribution in [0, 0.1) is 23.0 Å². The van der Waals surface area contributed by atoms with Gasteiger partial charge in [-0.05, 0) is 48.1 Å². The molecule has 0 fully saturated rings. The van der Waals surface area contributed by atoms with Gasteiger partial charge in [-0.3, -0.25) is 10.1 Å². The number of carbonyl (C=O) groups is 1. The molecule has 2 aliphatic rings. The molecule has 0 saturated carbocycles. The summed E-state index contributed by atoms with van der Waals surface area (Å²) in [6.45, 7) is 1.93. The summed E-state index contributed by atoms with van der Waals surface area (Å²) in [6.07, 6.45) is 4.87. The number of halogens is 1. The number of carboxylic acids is 1. The molecule has 2 aromatic rings. The Morgan fingerprint density at radius 1 is 1.33 bits per heavy atom. The number of anilines is 1. The number of allylic oxidation sites excluding steroid dienone is 2. The van der Waals surface area contributed by atoms with Crippen LogP contribution in [-0.2, 0) is 0 Å². The predicted octanol–water partition coefficient (Wildman–Crippen LogP) is 5.08. The van der Waals surface area contributed by atoms with Crippen molar-refractivity contribution in [3.63, 3.8) is 0 Å². The first-order valence-corrected chi connectivity index (χ1v) is 9.00. The first kappa shape index (κ1) is 17.5. The number of rotatable bonds is 3. The molecule has 1 aliphatic carbocycles. The molecule has 0 spiro atoms. The second-order valence-electron chi connectivity index (χ2n) is 6.97. The zero-order valence-corrected chi connectivity index (χ0v) is 15.2. The van der Waals surface area contributed by atoms with Crippen LogP contribution in [0.15, 0.2) is 42.5 Å². The number of nitro benzene ring substituents is 1. The zero-order chi connectivity index (χ0) is 19.3. The smallest absolute Gasteiger partial charge is 0.336 e. The van der Waals surface area contributed by atoms with E-state index < -0.39 is 10.9 Å². The number of hydrogen-bond acceptors (Lipinski definition) is 4. The highest BCUT2D eigenvalue weighted by atomic mass is 35.5. The second-order valence-corrected chi connectivity index (χ2v) is 7.37. The van der Waals surface area contributed by atoms with Crippen molar-refractivity contribution in [3.8, 4) is 0 Å². The van der Waals surface area contributed by atoms with Crippen molar-refractivity contribution >= 4 is 28.9 Å². The number of aromatic carboxylic acids is 1. The van der Waals surface area contributed by atoms with Crippen molar-refractivity contribution in [1.82, 2.24) is 0 Å². The molecule has 0 radical (unpaired) electrons. The topological polar surface area (TPSA) is 92.5 Å². The van der Waals surface area contributed by atoms with Gasteiger partial charge in [0.25, 0.3) is 5.69 Å². The van der Waals surface area contributed by atoms with Gasteiger partial charge in [0.1, 0.15) is 5.02 Å². The summed E-state index contributed by atoms with van der Waals surface area (Å²) in [7, 11) is 0. The van der Waals surface area contributed by atoms with Crippen LogP contribution in [-0.4, -0.2) is 16.0 Å². The number of nitrogens with one attached hydrogen (secondary N) is 1. The highest BCUT2D eigenvalue weighted by Gasteiger charge is 2.41. The Labute approximate surface area is 160 Å². The molecule has 2 N–H and O–H groups in total. The van der Waals surface area contributed by atoms with Crippen molar-refractivity contribution in [2.75, 3.05) is 5.32 Å². The Morgan fingerprint density at radius 2 is 2.11 bits per heavy atom. The molecule has 0 aromatic heterocycles. The van der Waals surface area contributed by atoms with Gasteiger partial charge in [-0.15, -0.1) is 0 Å². The van der Waals surface area contributed by atoms with Gasteiger partial charge in [0, 0.05) is 17.7 Å². The molecule has 3 atom stereocenters. The van der Waals surface area contributed by atoms with Gasteiger partial charge >= 0.3 is 5.97 Å². The third-order valence-electron chi connectivity index (χ3n) is 5.48. The number of aryl methyl sites for hydroxylation is 1. The fourth-order valence-corrected chi connectivity index (χ4v) is 4.42. The minimum Gasteiger partial charge on any atom is -0.478 e. The summed E-state index contributed by atoms with van der Waals surface area (Å²) in [5, 5.41) is 24.5. The molecular weight excluding hydrogens is 368 g/mol. The zero-order valence-electron chi connectivity index (χ0n) is 14.5. The number of fused-ring (bicyclic) bond motifs is 3. The number of benzene rings is 2. The number of nitrogens with zero attached hydrogens (tertiary/aromatic N) is 1. The Bertz CT molecular complexity index is 1000. The average molecular weight is 385 g/mol. The first-order valence-electron chi connectivity index (χ1n) is 8.62. The highest BCUT2D eigenvalue weighted by molar-refractivity contribution is 6.32. The van der Waals surface area contributed by atoms with E-state index in [1.807, 2.05) is 13.0 Å². The Morgan fingerprint density at radius 3 is 2.81 bits per heavy atom. The maximum Gasteiger partial charge on any atom is 0.336 e. The lowest BCUT2D eigenvalue weighted by atomic mass is 9.74. The van der Waals surface area contributed by atoms with Crippen LogP contribution >= 0.6 is 11.6 Å². The van der Waals surface area contributed by atoms with Crippen LogP contribution in [0.3, 0.4) is 0 Å². The van der Waals surface area contributed by atoms with Gasteiger partial charge in [0.2, 0.25) is 0 Å². The molecule has 6 nitrogen and oxygen atoms in total. The van der Waals surface area contributed by atoms with Crippen LogP contribution in [0.5, 0.6) is 0 Å². The van der Waals surface area contributed by atoms with E-state index in [2.05, 4.69) is 11.4 Å².